The number of thiocarbonyl (C=S) groups is 1. The molecule has 0 aliphatic heterocycles. The molecule has 0 bridgehead atoms. The molecule has 0 saturated carbocycles. The molecular weight excluding hydrogens is 413 g/mol. The highest BCUT2D eigenvalue weighted by Crippen LogP contribution is 2.23. The normalized spacial score (nSPS) is 10.7. The third-order valence-electron chi connectivity index (χ3n) is 4.91. The number of nitrogens with one attached hydrogen (secondary N) is 4. The van der Waals surface area contributed by atoms with Gasteiger partial charge in [0.1, 0.15) is 11.6 Å². The number of nitrogens with zero attached hydrogens (tertiary/aromatic N) is 1. The average Bonchev–Trinajstić information content (AvgIpc) is 3.16. The lowest BCUT2D eigenvalue weighted by atomic mass is 10.1. The fourth-order valence-corrected chi connectivity index (χ4v) is 3.24. The molecule has 8 heteroatoms. The van der Waals surface area contributed by atoms with E-state index in [1.54, 1.807) is 24.3 Å². The van der Waals surface area contributed by atoms with Crippen molar-refractivity contribution in [1.29, 1.82) is 0 Å². The molecule has 0 saturated heterocycles. The minimum atomic E-state index is -0.342. The molecule has 0 aliphatic rings. The smallest absolute Gasteiger partial charge is 0.269 e. The molecule has 0 fully saturated rings. The molecule has 0 unspecified atom stereocenters. The number of aromatic amines is 1. The maximum Gasteiger partial charge on any atom is 0.269 e. The van der Waals surface area contributed by atoms with Gasteiger partial charge in [-0.3, -0.25) is 15.6 Å². The highest BCUT2D eigenvalue weighted by atomic mass is 32.1. The van der Waals surface area contributed by atoms with E-state index in [0.29, 0.717) is 11.3 Å². The maximum absolute atomic E-state index is 12.9. The number of aromatic nitrogens is 2. The summed E-state index contributed by atoms with van der Waals surface area (Å²) in [4.78, 5) is 20.3. The zero-order chi connectivity index (χ0) is 22.0. The van der Waals surface area contributed by atoms with Crippen molar-refractivity contribution < 1.29 is 9.18 Å². The van der Waals surface area contributed by atoms with Crippen LogP contribution in [0.4, 0.5) is 10.1 Å². The van der Waals surface area contributed by atoms with Gasteiger partial charge in [-0.15, -0.1) is 0 Å². The van der Waals surface area contributed by atoms with Crippen LogP contribution in [0.3, 0.4) is 0 Å². The number of fused-ring (bicyclic) bond motifs is 1. The van der Waals surface area contributed by atoms with E-state index in [0.717, 1.165) is 22.4 Å². The Morgan fingerprint density at radius 1 is 0.968 bits per heavy atom. The molecule has 6 nitrogen and oxygen atoms in total. The summed E-state index contributed by atoms with van der Waals surface area (Å²) in [5.41, 5.74) is 11.4. The second kappa shape index (κ2) is 8.53. The lowest BCUT2D eigenvalue weighted by molar-refractivity contribution is 0.0944. The number of aryl methyl sites for hydroxylation is 2. The summed E-state index contributed by atoms with van der Waals surface area (Å²) in [6, 6.07) is 17.0. The Kier molecular flexibility index (Phi) is 5.64. The van der Waals surface area contributed by atoms with Gasteiger partial charge in [-0.2, -0.15) is 0 Å². The summed E-state index contributed by atoms with van der Waals surface area (Å²) >= 11 is 5.13. The zero-order valence-electron chi connectivity index (χ0n) is 16.9. The van der Waals surface area contributed by atoms with Crippen LogP contribution in [0.1, 0.15) is 21.5 Å². The average molecular weight is 434 g/mol. The Morgan fingerprint density at radius 3 is 2.35 bits per heavy atom. The van der Waals surface area contributed by atoms with Crippen molar-refractivity contribution in [3.8, 4) is 11.4 Å². The molecule has 4 rings (SSSR count). The van der Waals surface area contributed by atoms with Crippen LogP contribution in [0.5, 0.6) is 0 Å². The van der Waals surface area contributed by atoms with E-state index in [-0.39, 0.29) is 16.8 Å². The summed E-state index contributed by atoms with van der Waals surface area (Å²) in [7, 11) is 0. The van der Waals surface area contributed by atoms with Crippen LogP contribution < -0.4 is 16.2 Å². The van der Waals surface area contributed by atoms with E-state index >= 15 is 0 Å². The second-order valence-electron chi connectivity index (χ2n) is 7.16. The zero-order valence-corrected chi connectivity index (χ0v) is 17.7. The first-order chi connectivity index (χ1) is 14.9. The van der Waals surface area contributed by atoms with Crippen LogP contribution in [0.2, 0.25) is 0 Å². The van der Waals surface area contributed by atoms with Crippen LogP contribution in [0.25, 0.3) is 22.4 Å². The Hall–Kier alpha value is -3.78. The SMILES string of the molecule is Cc1cc2nc(-c3ccc(C(=O)NNC(=S)Nc4ccc(F)cc4)cc3)[nH]c2cc1C. The molecule has 1 aromatic heterocycles. The Bertz CT molecular complexity index is 1230. The van der Waals surface area contributed by atoms with Crippen LogP contribution in [-0.4, -0.2) is 21.0 Å². The monoisotopic (exact) mass is 433 g/mol. The van der Waals surface area contributed by atoms with Crippen LogP contribution in [0.15, 0.2) is 60.7 Å². The molecule has 1 heterocycles. The lowest BCUT2D eigenvalue weighted by Gasteiger charge is -2.11. The molecule has 4 aromatic rings. The van der Waals surface area contributed by atoms with Gasteiger partial charge in [0.05, 0.1) is 11.0 Å². The fraction of sp³-hybridized carbons (Fsp3) is 0.0870. The highest BCUT2D eigenvalue weighted by Gasteiger charge is 2.10. The predicted molar refractivity (Wildman–Crippen MR) is 124 cm³/mol. The number of amides is 1. The molecule has 0 atom stereocenters. The van der Waals surface area contributed by atoms with E-state index in [1.807, 2.05) is 12.1 Å². The minimum Gasteiger partial charge on any atom is -0.338 e. The van der Waals surface area contributed by atoms with Crippen molar-refractivity contribution in [3.63, 3.8) is 0 Å². The van der Waals surface area contributed by atoms with Gasteiger partial charge in [0.25, 0.3) is 5.91 Å². The van der Waals surface area contributed by atoms with Crippen molar-refractivity contribution >= 4 is 40.0 Å². The quantitative estimate of drug-likeness (QED) is 0.280. The minimum absolute atomic E-state index is 0.185. The van der Waals surface area contributed by atoms with Gasteiger partial charge in [0.2, 0.25) is 0 Å². The number of rotatable bonds is 3. The standard InChI is InChI=1S/C23H20FN5OS/c1-13-11-19-20(12-14(13)2)27-21(26-19)15-3-5-16(6-4-15)22(30)28-29-23(31)25-18-9-7-17(24)8-10-18/h3-12H,1-2H3,(H,26,27)(H,28,30)(H2,25,29,31). The van der Waals surface area contributed by atoms with Crippen molar-refractivity contribution in [2.45, 2.75) is 13.8 Å². The van der Waals surface area contributed by atoms with Crippen molar-refractivity contribution in [1.82, 2.24) is 20.8 Å². The molecule has 0 aliphatic carbocycles. The summed E-state index contributed by atoms with van der Waals surface area (Å²) in [5, 5.41) is 3.04. The number of carbonyl (C=O) groups excluding carboxylic acids is 1. The molecule has 1 amide bonds. The number of carbonyl (C=O) groups is 1. The number of benzene rings is 3. The van der Waals surface area contributed by atoms with Gasteiger partial charge in [0, 0.05) is 16.8 Å². The topological polar surface area (TPSA) is 81.8 Å². The first-order valence-corrected chi connectivity index (χ1v) is 10.0. The predicted octanol–water partition coefficient (Wildman–Crippen LogP) is 4.62. The largest absolute Gasteiger partial charge is 0.338 e. The Labute approximate surface area is 183 Å². The summed E-state index contributed by atoms with van der Waals surface area (Å²) in [6.45, 7) is 4.13. The van der Waals surface area contributed by atoms with Crippen molar-refractivity contribution in [3.05, 3.63) is 83.2 Å². The number of imidazole rings is 1. The fourth-order valence-electron chi connectivity index (χ4n) is 3.07. The lowest BCUT2D eigenvalue weighted by Crippen LogP contribution is -2.43. The number of hydrogen-bond acceptors (Lipinski definition) is 3. The molecule has 4 N–H and O–H groups in total. The first-order valence-electron chi connectivity index (χ1n) is 9.59. The van der Waals surface area contributed by atoms with Gasteiger partial charge < -0.3 is 10.3 Å². The molecule has 0 radical (unpaired) electrons. The number of anilines is 1. The molecular formula is C23H20FN5OS. The van der Waals surface area contributed by atoms with E-state index in [9.17, 15) is 9.18 Å². The van der Waals surface area contributed by atoms with E-state index in [4.69, 9.17) is 12.2 Å². The summed E-state index contributed by atoms with van der Waals surface area (Å²) < 4.78 is 12.9. The Balaban J connectivity index is 1.39. The van der Waals surface area contributed by atoms with Crippen LogP contribution >= 0.6 is 12.2 Å². The highest BCUT2D eigenvalue weighted by molar-refractivity contribution is 7.80. The van der Waals surface area contributed by atoms with Crippen molar-refractivity contribution in [2.75, 3.05) is 5.32 Å². The van der Waals surface area contributed by atoms with Crippen molar-refractivity contribution in [2.24, 2.45) is 0 Å². The molecule has 31 heavy (non-hydrogen) atoms. The van der Waals surface area contributed by atoms with E-state index in [1.165, 1.54) is 23.3 Å². The number of hydrogen-bond donors (Lipinski definition) is 4. The van der Waals surface area contributed by atoms with Gasteiger partial charge in [-0.25, -0.2) is 9.37 Å². The van der Waals surface area contributed by atoms with E-state index < -0.39 is 0 Å². The number of hydrazine groups is 1. The number of halogens is 1. The maximum atomic E-state index is 12.9. The first kappa shape index (κ1) is 20.5. The molecule has 156 valence electrons. The van der Waals surface area contributed by atoms with Crippen LogP contribution in [0, 0.1) is 19.7 Å². The van der Waals surface area contributed by atoms with Gasteiger partial charge >= 0.3 is 0 Å². The Morgan fingerprint density at radius 2 is 1.65 bits per heavy atom. The van der Waals surface area contributed by atoms with E-state index in [2.05, 4.69) is 52.1 Å². The summed E-state index contributed by atoms with van der Waals surface area (Å²) in [6.07, 6.45) is 0. The van der Waals surface area contributed by atoms with Gasteiger partial charge in [-0.1, -0.05) is 12.1 Å². The summed E-state index contributed by atoms with van der Waals surface area (Å²) in [5.74, 6) is 0.0643. The van der Waals surface area contributed by atoms with Gasteiger partial charge in [0.15, 0.2) is 5.11 Å². The number of H-pyrrole nitrogens is 1. The molecule has 0 spiro atoms. The van der Waals surface area contributed by atoms with Crippen LogP contribution in [-0.2, 0) is 0 Å². The third kappa shape index (κ3) is 4.70. The van der Waals surface area contributed by atoms with Gasteiger partial charge in [-0.05, 0) is 85.7 Å². The second-order valence-corrected chi connectivity index (χ2v) is 7.56. The molecule has 3 aromatic carbocycles. The third-order valence-corrected chi connectivity index (χ3v) is 5.11.